The second-order valence-corrected chi connectivity index (χ2v) is 6.00. The Hall–Kier alpha value is -2.80. The molecule has 0 atom stereocenters. The predicted molar refractivity (Wildman–Crippen MR) is 84.9 cm³/mol. The first-order valence-electron chi connectivity index (χ1n) is 6.88. The van der Waals surface area contributed by atoms with Gasteiger partial charge in [-0.1, -0.05) is 29.7 Å². The van der Waals surface area contributed by atoms with Crippen molar-refractivity contribution in [2.45, 2.75) is 6.54 Å². The first kappa shape index (κ1) is 13.8. The van der Waals surface area contributed by atoms with Gasteiger partial charge in [0.1, 0.15) is 12.4 Å². The van der Waals surface area contributed by atoms with Crippen molar-refractivity contribution in [1.29, 1.82) is 0 Å². The average Bonchev–Trinajstić information content (AvgIpc) is 3.14. The first-order chi connectivity index (χ1) is 11.2. The van der Waals surface area contributed by atoms with Gasteiger partial charge in [-0.2, -0.15) is 0 Å². The van der Waals surface area contributed by atoms with Crippen LogP contribution in [-0.2, 0) is 6.54 Å². The third kappa shape index (κ3) is 2.55. The molecule has 0 fully saturated rings. The predicted octanol–water partition coefficient (Wildman–Crippen LogP) is 3.30. The Morgan fingerprint density at radius 3 is 2.83 bits per heavy atom. The molecule has 0 radical (unpaired) electrons. The van der Waals surface area contributed by atoms with Crippen molar-refractivity contribution < 1.29 is 8.81 Å². The lowest BCUT2D eigenvalue weighted by Crippen LogP contribution is -2.13. The van der Waals surface area contributed by atoms with E-state index in [0.29, 0.717) is 16.8 Å². The van der Waals surface area contributed by atoms with Crippen molar-refractivity contribution in [2.24, 2.45) is 0 Å². The molecule has 4 rings (SSSR count). The summed E-state index contributed by atoms with van der Waals surface area (Å²) in [6, 6.07) is 13.3. The van der Waals surface area contributed by atoms with Crippen LogP contribution >= 0.6 is 11.5 Å². The van der Waals surface area contributed by atoms with E-state index in [1.807, 2.05) is 18.2 Å². The summed E-state index contributed by atoms with van der Waals surface area (Å²) in [5, 5.41) is 8.52. The number of nitrogens with zero attached hydrogens (tertiary/aromatic N) is 3. The fourth-order valence-corrected chi connectivity index (χ4v) is 3.29. The van der Waals surface area contributed by atoms with Gasteiger partial charge >= 0.3 is 0 Å². The molecule has 0 spiro atoms. The monoisotopic (exact) mass is 327 g/mol. The molecule has 0 saturated carbocycles. The molecule has 23 heavy (non-hydrogen) atoms. The van der Waals surface area contributed by atoms with E-state index in [9.17, 15) is 9.18 Å². The highest BCUT2D eigenvalue weighted by atomic mass is 32.1. The Morgan fingerprint density at radius 1 is 1.13 bits per heavy atom. The topological polar surface area (TPSA) is 60.9 Å². The van der Waals surface area contributed by atoms with Crippen molar-refractivity contribution in [1.82, 2.24) is 14.2 Å². The minimum atomic E-state index is -0.372. The Bertz CT molecular complexity index is 1050. The SMILES string of the molecule is O=c1c2ccccc2sn1Cc1nnc(-c2cccc(F)c2)o1. The number of halogens is 1. The van der Waals surface area contributed by atoms with Gasteiger partial charge in [0, 0.05) is 5.56 Å². The van der Waals surface area contributed by atoms with Crippen LogP contribution in [0.5, 0.6) is 0 Å². The number of benzene rings is 2. The number of hydrogen-bond donors (Lipinski definition) is 0. The van der Waals surface area contributed by atoms with Gasteiger partial charge in [0.05, 0.1) is 10.1 Å². The highest BCUT2D eigenvalue weighted by Gasteiger charge is 2.13. The molecule has 2 aromatic heterocycles. The number of rotatable bonds is 3. The molecule has 2 heterocycles. The van der Waals surface area contributed by atoms with Crippen LogP contribution in [0.2, 0.25) is 0 Å². The van der Waals surface area contributed by atoms with E-state index < -0.39 is 0 Å². The van der Waals surface area contributed by atoms with Gasteiger partial charge in [-0.3, -0.25) is 8.75 Å². The Morgan fingerprint density at radius 2 is 2.00 bits per heavy atom. The molecule has 0 N–H and O–H groups in total. The summed E-state index contributed by atoms with van der Waals surface area (Å²) in [4.78, 5) is 12.3. The van der Waals surface area contributed by atoms with E-state index in [-0.39, 0.29) is 23.8 Å². The van der Waals surface area contributed by atoms with Crippen LogP contribution in [0.1, 0.15) is 5.89 Å². The summed E-state index contributed by atoms with van der Waals surface area (Å²) >= 11 is 1.34. The Labute approximate surface area is 133 Å². The van der Waals surface area contributed by atoms with Crippen LogP contribution in [0.4, 0.5) is 4.39 Å². The lowest BCUT2D eigenvalue weighted by Gasteiger charge is -1.95. The zero-order valence-electron chi connectivity index (χ0n) is 11.8. The summed E-state index contributed by atoms with van der Waals surface area (Å²) in [6.45, 7) is 0.195. The van der Waals surface area contributed by atoms with Crippen molar-refractivity contribution in [3.63, 3.8) is 0 Å². The molecule has 0 unspecified atom stereocenters. The highest BCUT2D eigenvalue weighted by Crippen LogP contribution is 2.20. The highest BCUT2D eigenvalue weighted by molar-refractivity contribution is 7.13. The molecule has 114 valence electrons. The van der Waals surface area contributed by atoms with E-state index in [2.05, 4.69) is 10.2 Å². The van der Waals surface area contributed by atoms with Crippen molar-refractivity contribution >= 4 is 21.6 Å². The van der Waals surface area contributed by atoms with Crippen LogP contribution in [-0.4, -0.2) is 14.2 Å². The lowest BCUT2D eigenvalue weighted by atomic mass is 10.2. The fraction of sp³-hybridized carbons (Fsp3) is 0.0625. The normalized spacial score (nSPS) is 11.2. The first-order valence-corrected chi connectivity index (χ1v) is 7.65. The Balaban J connectivity index is 1.67. The molecule has 7 heteroatoms. The number of aromatic nitrogens is 3. The van der Waals surface area contributed by atoms with Crippen LogP contribution in [0, 0.1) is 5.82 Å². The second-order valence-electron chi connectivity index (χ2n) is 4.94. The Kier molecular flexibility index (Phi) is 3.27. The maximum atomic E-state index is 13.2. The maximum Gasteiger partial charge on any atom is 0.268 e. The molecular formula is C16H10FN3O2S. The van der Waals surface area contributed by atoms with E-state index in [1.165, 1.54) is 23.7 Å². The van der Waals surface area contributed by atoms with Crippen LogP contribution in [0.3, 0.4) is 0 Å². The molecule has 0 aliphatic carbocycles. The lowest BCUT2D eigenvalue weighted by molar-refractivity contribution is 0.493. The molecule has 2 aromatic carbocycles. The zero-order valence-corrected chi connectivity index (χ0v) is 12.6. The quantitative estimate of drug-likeness (QED) is 0.579. The van der Waals surface area contributed by atoms with Gasteiger partial charge in [-0.05, 0) is 30.3 Å². The summed E-state index contributed by atoms with van der Waals surface area (Å²) in [7, 11) is 0. The van der Waals surface area contributed by atoms with Crippen LogP contribution < -0.4 is 5.56 Å². The van der Waals surface area contributed by atoms with Gasteiger partial charge in [-0.25, -0.2) is 4.39 Å². The zero-order chi connectivity index (χ0) is 15.8. The molecule has 0 saturated heterocycles. The van der Waals surface area contributed by atoms with E-state index in [1.54, 1.807) is 22.2 Å². The molecular weight excluding hydrogens is 317 g/mol. The molecule has 0 amide bonds. The van der Waals surface area contributed by atoms with E-state index >= 15 is 0 Å². The van der Waals surface area contributed by atoms with E-state index in [0.717, 1.165) is 4.70 Å². The molecule has 0 aliphatic heterocycles. The smallest absolute Gasteiger partial charge is 0.268 e. The van der Waals surface area contributed by atoms with Gasteiger partial charge in [0.15, 0.2) is 0 Å². The summed E-state index contributed by atoms with van der Waals surface area (Å²) in [6.07, 6.45) is 0. The van der Waals surface area contributed by atoms with Gasteiger partial charge in [0.2, 0.25) is 11.8 Å². The van der Waals surface area contributed by atoms with Gasteiger partial charge in [0.25, 0.3) is 5.56 Å². The number of hydrogen-bond acceptors (Lipinski definition) is 5. The second kappa shape index (κ2) is 5.44. The van der Waals surface area contributed by atoms with Gasteiger partial charge < -0.3 is 4.42 Å². The fourth-order valence-electron chi connectivity index (χ4n) is 2.30. The van der Waals surface area contributed by atoms with Crippen LogP contribution in [0.25, 0.3) is 21.5 Å². The number of fused-ring (bicyclic) bond motifs is 1. The average molecular weight is 327 g/mol. The third-order valence-electron chi connectivity index (χ3n) is 3.37. The van der Waals surface area contributed by atoms with Gasteiger partial charge in [-0.15, -0.1) is 10.2 Å². The van der Waals surface area contributed by atoms with Crippen molar-refractivity contribution in [3.05, 3.63) is 70.6 Å². The molecule has 4 aromatic rings. The minimum Gasteiger partial charge on any atom is -0.419 e. The third-order valence-corrected chi connectivity index (χ3v) is 4.44. The standard InChI is InChI=1S/C16H10FN3O2S/c17-11-5-3-4-10(8-11)15-19-18-14(22-15)9-20-16(21)12-6-1-2-7-13(12)23-20/h1-8H,9H2. The summed E-state index contributed by atoms with van der Waals surface area (Å²) in [5.41, 5.74) is 0.420. The van der Waals surface area contributed by atoms with Crippen molar-refractivity contribution in [2.75, 3.05) is 0 Å². The van der Waals surface area contributed by atoms with Crippen LogP contribution in [0.15, 0.2) is 57.7 Å². The van der Waals surface area contributed by atoms with Crippen molar-refractivity contribution in [3.8, 4) is 11.5 Å². The largest absolute Gasteiger partial charge is 0.419 e. The van der Waals surface area contributed by atoms with E-state index in [4.69, 9.17) is 4.42 Å². The summed E-state index contributed by atoms with van der Waals surface area (Å²) in [5.74, 6) is 0.162. The molecule has 5 nitrogen and oxygen atoms in total. The maximum absolute atomic E-state index is 13.2. The minimum absolute atomic E-state index is 0.0869. The summed E-state index contributed by atoms with van der Waals surface area (Å²) < 4.78 is 21.2. The molecule has 0 bridgehead atoms. The molecule has 0 aliphatic rings.